The Hall–Kier alpha value is -3.24. The summed E-state index contributed by atoms with van der Waals surface area (Å²) in [4.78, 5) is 17.2. The fourth-order valence-corrected chi connectivity index (χ4v) is 6.13. The Kier molecular flexibility index (Phi) is 6.07. The molecule has 10 heteroatoms. The third-order valence-electron chi connectivity index (χ3n) is 8.10. The minimum Gasteiger partial charge on any atom is -0.378 e. The van der Waals surface area contributed by atoms with E-state index in [2.05, 4.69) is 22.0 Å². The Morgan fingerprint density at radius 3 is 2.66 bits per heavy atom. The molecule has 2 saturated heterocycles. The lowest BCUT2D eigenvalue weighted by atomic mass is 9.77. The second-order valence-corrected chi connectivity index (χ2v) is 10.9. The van der Waals surface area contributed by atoms with Crippen molar-refractivity contribution in [3.8, 4) is 0 Å². The fraction of sp³-hybridized carbons (Fsp3) is 0.464. The van der Waals surface area contributed by atoms with Crippen molar-refractivity contribution < 1.29 is 22.7 Å². The molecule has 38 heavy (non-hydrogen) atoms. The molecule has 7 nitrogen and oxygen atoms in total. The number of amides is 1. The number of aryl methyl sites for hydroxylation is 1. The van der Waals surface area contributed by atoms with E-state index in [-0.39, 0.29) is 17.7 Å². The first-order valence-corrected chi connectivity index (χ1v) is 13.0. The zero-order valence-electron chi connectivity index (χ0n) is 21.5. The molecular formula is C28H30F3N5O2. The summed E-state index contributed by atoms with van der Waals surface area (Å²) >= 11 is 0. The molecule has 0 unspecified atom stereocenters. The SMILES string of the molecule is C[C@H]1CCCN(Cc2cc3c(c(C(F)(F)F)c2)CN(c2cccc(C4(c5nncn5C)COC4)c2)C3=O)C1. The predicted molar refractivity (Wildman–Crippen MR) is 135 cm³/mol. The monoisotopic (exact) mass is 525 g/mol. The largest absolute Gasteiger partial charge is 0.416 e. The van der Waals surface area contributed by atoms with Crippen molar-refractivity contribution in [2.24, 2.45) is 13.0 Å². The number of hydrogen-bond donors (Lipinski definition) is 0. The van der Waals surface area contributed by atoms with Crippen molar-refractivity contribution in [1.82, 2.24) is 19.7 Å². The standard InChI is InChI=1S/C28H30F3N5O2/c1-18-5-4-8-35(12-18)13-19-9-22-23(24(10-19)28(29,30)31)14-36(25(22)37)21-7-3-6-20(11-21)27(15-38-16-27)26-33-32-17-34(26)2/h3,6-7,9-11,17-18H,4-5,8,12-16H2,1-2H3/t18-/m0/s1. The number of carbonyl (C=O) groups is 1. The number of fused-ring (bicyclic) bond motifs is 1. The molecule has 6 rings (SSSR count). The summed E-state index contributed by atoms with van der Waals surface area (Å²) in [6.45, 7) is 4.97. The summed E-state index contributed by atoms with van der Waals surface area (Å²) in [5, 5.41) is 8.29. The smallest absolute Gasteiger partial charge is 0.378 e. The molecule has 2 aromatic carbocycles. The van der Waals surface area contributed by atoms with E-state index in [9.17, 15) is 18.0 Å². The number of carbonyl (C=O) groups excluding carboxylic acids is 1. The fourth-order valence-electron chi connectivity index (χ4n) is 6.13. The molecule has 3 aliphatic rings. The first-order valence-electron chi connectivity index (χ1n) is 13.0. The molecule has 3 aliphatic heterocycles. The van der Waals surface area contributed by atoms with Gasteiger partial charge in [0.2, 0.25) is 0 Å². The summed E-state index contributed by atoms with van der Waals surface area (Å²) in [5.74, 6) is 0.845. The lowest BCUT2D eigenvalue weighted by Gasteiger charge is -2.41. The lowest BCUT2D eigenvalue weighted by molar-refractivity contribution is -0.138. The second-order valence-electron chi connectivity index (χ2n) is 10.9. The average Bonchev–Trinajstić information content (AvgIpc) is 3.41. The van der Waals surface area contributed by atoms with Crippen molar-refractivity contribution in [1.29, 1.82) is 0 Å². The first-order chi connectivity index (χ1) is 18.2. The zero-order chi connectivity index (χ0) is 26.7. The highest BCUT2D eigenvalue weighted by molar-refractivity contribution is 6.10. The van der Waals surface area contributed by atoms with Crippen LogP contribution < -0.4 is 4.90 Å². The molecule has 4 heterocycles. The lowest BCUT2D eigenvalue weighted by Crippen LogP contribution is -2.49. The summed E-state index contributed by atoms with van der Waals surface area (Å²) < 4.78 is 50.0. The Morgan fingerprint density at radius 2 is 2.00 bits per heavy atom. The molecule has 0 spiro atoms. The van der Waals surface area contributed by atoms with Gasteiger partial charge in [0, 0.05) is 31.4 Å². The molecular weight excluding hydrogens is 495 g/mol. The van der Waals surface area contributed by atoms with Crippen LogP contribution in [0.2, 0.25) is 0 Å². The van der Waals surface area contributed by atoms with Crippen LogP contribution in [0.4, 0.5) is 18.9 Å². The number of nitrogens with zero attached hydrogens (tertiary/aromatic N) is 5. The van der Waals surface area contributed by atoms with Gasteiger partial charge in [-0.3, -0.25) is 9.69 Å². The number of halogens is 3. The van der Waals surface area contributed by atoms with Gasteiger partial charge in [0.15, 0.2) is 0 Å². The minimum absolute atomic E-state index is 0.0404. The summed E-state index contributed by atoms with van der Waals surface area (Å²) in [6, 6.07) is 10.3. The van der Waals surface area contributed by atoms with E-state index in [4.69, 9.17) is 4.74 Å². The van der Waals surface area contributed by atoms with Gasteiger partial charge in [-0.2, -0.15) is 13.2 Å². The van der Waals surface area contributed by atoms with Crippen LogP contribution in [0.25, 0.3) is 0 Å². The second kappa shape index (κ2) is 9.20. The van der Waals surface area contributed by atoms with Gasteiger partial charge in [-0.15, -0.1) is 10.2 Å². The van der Waals surface area contributed by atoms with Crippen molar-refractivity contribution >= 4 is 11.6 Å². The number of aromatic nitrogens is 3. The Balaban J connectivity index is 1.34. The summed E-state index contributed by atoms with van der Waals surface area (Å²) in [7, 11) is 1.86. The van der Waals surface area contributed by atoms with Crippen LogP contribution in [0.15, 0.2) is 42.7 Å². The average molecular weight is 526 g/mol. The van der Waals surface area contributed by atoms with Gasteiger partial charge in [0.1, 0.15) is 17.6 Å². The van der Waals surface area contributed by atoms with Gasteiger partial charge >= 0.3 is 6.18 Å². The molecule has 1 atom stereocenters. The predicted octanol–water partition coefficient (Wildman–Crippen LogP) is 4.54. The van der Waals surface area contributed by atoms with Gasteiger partial charge in [-0.25, -0.2) is 0 Å². The number of alkyl halides is 3. The van der Waals surface area contributed by atoms with E-state index >= 15 is 0 Å². The van der Waals surface area contributed by atoms with E-state index in [0.29, 0.717) is 36.9 Å². The van der Waals surface area contributed by atoms with Gasteiger partial charge in [0.05, 0.1) is 25.3 Å². The third kappa shape index (κ3) is 4.19. The first kappa shape index (κ1) is 25.1. The molecule has 2 fully saturated rings. The number of likely N-dealkylation sites (tertiary alicyclic amines) is 1. The van der Waals surface area contributed by atoms with Crippen LogP contribution in [-0.4, -0.2) is 51.9 Å². The van der Waals surface area contributed by atoms with Crippen molar-refractivity contribution in [3.63, 3.8) is 0 Å². The van der Waals surface area contributed by atoms with E-state index in [1.54, 1.807) is 18.5 Å². The Morgan fingerprint density at radius 1 is 1.18 bits per heavy atom. The van der Waals surface area contributed by atoms with Gasteiger partial charge in [-0.05, 0) is 66.3 Å². The third-order valence-corrected chi connectivity index (χ3v) is 8.10. The molecule has 3 aromatic rings. The van der Waals surface area contributed by atoms with Crippen LogP contribution in [0.1, 0.15) is 58.2 Å². The highest BCUT2D eigenvalue weighted by Crippen LogP contribution is 2.42. The van der Waals surface area contributed by atoms with Crippen molar-refractivity contribution in [2.75, 3.05) is 31.2 Å². The number of anilines is 1. The van der Waals surface area contributed by atoms with E-state index in [1.165, 1.54) is 11.0 Å². The molecule has 0 aliphatic carbocycles. The summed E-state index contributed by atoms with van der Waals surface area (Å²) in [6.07, 6.45) is -0.764. The summed E-state index contributed by atoms with van der Waals surface area (Å²) in [5.41, 5.74) is 0.909. The van der Waals surface area contributed by atoms with Gasteiger partial charge in [0.25, 0.3) is 5.91 Å². The quantitative estimate of drug-likeness (QED) is 0.490. The maximum atomic E-state index is 14.2. The topological polar surface area (TPSA) is 63.5 Å². The van der Waals surface area contributed by atoms with Crippen LogP contribution in [0.5, 0.6) is 0 Å². The maximum absolute atomic E-state index is 14.2. The Labute approximate surface area is 219 Å². The van der Waals surface area contributed by atoms with Crippen LogP contribution in [0, 0.1) is 5.92 Å². The number of piperidine rings is 1. The Bertz CT molecular complexity index is 1380. The highest BCUT2D eigenvalue weighted by Gasteiger charge is 2.46. The van der Waals surface area contributed by atoms with Crippen LogP contribution >= 0.6 is 0 Å². The molecule has 0 saturated carbocycles. The molecule has 200 valence electrons. The minimum atomic E-state index is -4.55. The maximum Gasteiger partial charge on any atom is 0.416 e. The normalized spacial score (nSPS) is 21.4. The number of benzene rings is 2. The number of ether oxygens (including phenoxy) is 1. The molecule has 0 radical (unpaired) electrons. The number of rotatable bonds is 5. The number of hydrogen-bond acceptors (Lipinski definition) is 5. The highest BCUT2D eigenvalue weighted by atomic mass is 19.4. The molecule has 1 amide bonds. The van der Waals surface area contributed by atoms with E-state index < -0.39 is 23.1 Å². The van der Waals surface area contributed by atoms with E-state index in [0.717, 1.165) is 37.3 Å². The van der Waals surface area contributed by atoms with E-state index in [1.807, 2.05) is 29.8 Å². The molecule has 0 bridgehead atoms. The van der Waals surface area contributed by atoms with Crippen molar-refractivity contribution in [3.05, 3.63) is 76.4 Å². The van der Waals surface area contributed by atoms with Crippen LogP contribution in [-0.2, 0) is 36.5 Å². The zero-order valence-corrected chi connectivity index (χ0v) is 21.5. The van der Waals surface area contributed by atoms with Crippen molar-refractivity contribution in [2.45, 2.75) is 44.4 Å². The molecule has 0 N–H and O–H groups in total. The van der Waals surface area contributed by atoms with Crippen LogP contribution in [0.3, 0.4) is 0 Å². The molecule has 1 aromatic heterocycles. The van der Waals surface area contributed by atoms with Gasteiger partial charge in [-0.1, -0.05) is 19.1 Å². The van der Waals surface area contributed by atoms with Gasteiger partial charge < -0.3 is 14.2 Å².